The molecule has 0 atom stereocenters. The topological polar surface area (TPSA) is 6.48 Å². The van der Waals surface area contributed by atoms with Crippen LogP contribution in [0.3, 0.4) is 0 Å². The van der Waals surface area contributed by atoms with Gasteiger partial charge in [-0.1, -0.05) is 65.8 Å². The van der Waals surface area contributed by atoms with Crippen molar-refractivity contribution >= 4 is 11.4 Å². The largest absolute Gasteiger partial charge is 0.352 e. The number of rotatable bonds is 2. The monoisotopic (exact) mass is 336 g/mol. The summed E-state index contributed by atoms with van der Waals surface area (Å²) in [4.78, 5) is 4.92. The van der Waals surface area contributed by atoms with Crippen molar-refractivity contribution in [3.8, 4) is 0 Å². The van der Waals surface area contributed by atoms with Crippen molar-refractivity contribution in [2.45, 2.75) is 52.4 Å². The average Bonchev–Trinajstić information content (AvgIpc) is 3.03. The van der Waals surface area contributed by atoms with Crippen LogP contribution < -0.4 is 9.80 Å². The lowest BCUT2D eigenvalue weighted by Gasteiger charge is -2.24. The van der Waals surface area contributed by atoms with Crippen LogP contribution >= 0.6 is 0 Å². The van der Waals surface area contributed by atoms with E-state index in [-0.39, 0.29) is 10.8 Å². The Hall–Kier alpha value is -1.96. The zero-order chi connectivity index (χ0) is 18.2. The third-order valence-corrected chi connectivity index (χ3v) is 5.18. The van der Waals surface area contributed by atoms with Gasteiger partial charge in [0.2, 0.25) is 0 Å². The summed E-state index contributed by atoms with van der Waals surface area (Å²) in [5.41, 5.74) is 5.85. The van der Waals surface area contributed by atoms with Crippen LogP contribution in [-0.2, 0) is 10.8 Å². The van der Waals surface area contributed by atoms with E-state index in [1.165, 1.54) is 22.5 Å². The molecule has 2 nitrogen and oxygen atoms in total. The first-order chi connectivity index (χ1) is 11.6. The summed E-state index contributed by atoms with van der Waals surface area (Å²) in [6.07, 6.45) is 0. The van der Waals surface area contributed by atoms with E-state index in [1.54, 1.807) is 0 Å². The normalized spacial score (nSPS) is 15.8. The fraction of sp³-hybridized carbons (Fsp3) is 0.478. The highest BCUT2D eigenvalue weighted by atomic mass is 15.4. The molecule has 134 valence electrons. The molecule has 0 radical (unpaired) electrons. The SMILES string of the molecule is CC(C)(C)c1ccc(N2CCN(c3ccc(C(C)(C)C)cc3)C2)cc1. The standard InChI is InChI=1S/C23H32N2/c1-22(2,3)18-7-11-20(12-8-18)24-15-16-25(17-24)21-13-9-19(10-14-21)23(4,5)6/h7-14H,15-17H2,1-6H3. The van der Waals surface area contributed by atoms with Gasteiger partial charge in [-0.25, -0.2) is 0 Å². The molecule has 0 bridgehead atoms. The van der Waals surface area contributed by atoms with Crippen molar-refractivity contribution < 1.29 is 0 Å². The van der Waals surface area contributed by atoms with Gasteiger partial charge in [0.25, 0.3) is 0 Å². The van der Waals surface area contributed by atoms with E-state index >= 15 is 0 Å². The molecule has 0 aromatic heterocycles. The first kappa shape index (κ1) is 17.8. The minimum Gasteiger partial charge on any atom is -0.352 e. The summed E-state index contributed by atoms with van der Waals surface area (Å²) in [7, 11) is 0. The van der Waals surface area contributed by atoms with Crippen molar-refractivity contribution in [3.63, 3.8) is 0 Å². The number of benzene rings is 2. The van der Waals surface area contributed by atoms with Gasteiger partial charge in [-0.05, 0) is 46.2 Å². The summed E-state index contributed by atoms with van der Waals surface area (Å²) in [6.45, 7) is 16.7. The number of hydrogen-bond acceptors (Lipinski definition) is 2. The molecule has 3 rings (SSSR count). The highest BCUT2D eigenvalue weighted by molar-refractivity contribution is 5.56. The third kappa shape index (κ3) is 4.00. The smallest absolute Gasteiger partial charge is 0.0904 e. The van der Waals surface area contributed by atoms with E-state index < -0.39 is 0 Å². The van der Waals surface area contributed by atoms with Crippen molar-refractivity contribution in [1.82, 2.24) is 0 Å². The van der Waals surface area contributed by atoms with E-state index in [0.717, 1.165) is 19.8 Å². The molecule has 1 heterocycles. The van der Waals surface area contributed by atoms with Gasteiger partial charge in [0, 0.05) is 24.5 Å². The average molecular weight is 337 g/mol. The van der Waals surface area contributed by atoms with Crippen LogP contribution in [0.25, 0.3) is 0 Å². The summed E-state index contributed by atoms with van der Waals surface area (Å²) < 4.78 is 0. The van der Waals surface area contributed by atoms with Crippen LogP contribution in [0.15, 0.2) is 48.5 Å². The molecule has 0 unspecified atom stereocenters. The molecule has 0 saturated carbocycles. The predicted molar refractivity (Wildman–Crippen MR) is 110 cm³/mol. The maximum atomic E-state index is 2.46. The Morgan fingerprint density at radius 2 is 0.880 bits per heavy atom. The lowest BCUT2D eigenvalue weighted by atomic mass is 9.87. The Morgan fingerprint density at radius 3 is 1.16 bits per heavy atom. The van der Waals surface area contributed by atoms with E-state index in [1.807, 2.05) is 0 Å². The minimum atomic E-state index is 0.213. The van der Waals surface area contributed by atoms with Gasteiger partial charge >= 0.3 is 0 Å². The summed E-state index contributed by atoms with van der Waals surface area (Å²) >= 11 is 0. The summed E-state index contributed by atoms with van der Waals surface area (Å²) in [6, 6.07) is 18.2. The lowest BCUT2D eigenvalue weighted by Crippen LogP contribution is -2.25. The van der Waals surface area contributed by atoms with Crippen molar-refractivity contribution in [2.24, 2.45) is 0 Å². The second-order valence-corrected chi connectivity index (χ2v) is 9.26. The molecule has 0 aliphatic carbocycles. The fourth-order valence-electron chi connectivity index (χ4n) is 3.35. The lowest BCUT2D eigenvalue weighted by molar-refractivity contribution is 0.590. The van der Waals surface area contributed by atoms with Gasteiger partial charge in [-0.15, -0.1) is 0 Å². The quantitative estimate of drug-likeness (QED) is 0.708. The van der Waals surface area contributed by atoms with E-state index in [2.05, 4.69) is 99.9 Å². The molecule has 1 aliphatic heterocycles. The molecule has 2 aromatic carbocycles. The highest BCUT2D eigenvalue weighted by Crippen LogP contribution is 2.29. The number of hydrogen-bond donors (Lipinski definition) is 0. The molecule has 2 aromatic rings. The van der Waals surface area contributed by atoms with E-state index in [9.17, 15) is 0 Å². The second-order valence-electron chi connectivity index (χ2n) is 9.26. The molecule has 25 heavy (non-hydrogen) atoms. The van der Waals surface area contributed by atoms with Crippen LogP contribution in [0.1, 0.15) is 52.7 Å². The predicted octanol–water partition coefficient (Wildman–Crippen LogP) is 5.57. The van der Waals surface area contributed by atoms with Crippen LogP contribution in [0.5, 0.6) is 0 Å². The number of anilines is 2. The second kappa shape index (κ2) is 6.40. The third-order valence-electron chi connectivity index (χ3n) is 5.18. The first-order valence-corrected chi connectivity index (χ1v) is 9.35. The maximum Gasteiger partial charge on any atom is 0.0904 e. The summed E-state index contributed by atoms with van der Waals surface area (Å²) in [5, 5.41) is 0. The van der Waals surface area contributed by atoms with Gasteiger partial charge < -0.3 is 9.80 Å². The Labute approximate surface area is 153 Å². The maximum absolute atomic E-state index is 2.46. The van der Waals surface area contributed by atoms with Gasteiger partial charge in [-0.2, -0.15) is 0 Å². The molecule has 0 spiro atoms. The molecule has 0 amide bonds. The molecule has 0 N–H and O–H groups in total. The van der Waals surface area contributed by atoms with Crippen LogP contribution in [0, 0.1) is 0 Å². The van der Waals surface area contributed by atoms with Crippen molar-refractivity contribution in [2.75, 3.05) is 29.6 Å². The Morgan fingerprint density at radius 1 is 0.560 bits per heavy atom. The van der Waals surface area contributed by atoms with Crippen LogP contribution in [-0.4, -0.2) is 19.8 Å². The number of nitrogens with zero attached hydrogens (tertiary/aromatic N) is 2. The molecule has 1 saturated heterocycles. The van der Waals surface area contributed by atoms with Crippen LogP contribution in [0.2, 0.25) is 0 Å². The van der Waals surface area contributed by atoms with Gasteiger partial charge in [0.05, 0.1) is 6.67 Å². The van der Waals surface area contributed by atoms with Gasteiger partial charge in [0.1, 0.15) is 0 Å². The van der Waals surface area contributed by atoms with E-state index in [4.69, 9.17) is 0 Å². The Kier molecular flexibility index (Phi) is 4.57. The van der Waals surface area contributed by atoms with Crippen LogP contribution in [0.4, 0.5) is 11.4 Å². The van der Waals surface area contributed by atoms with Gasteiger partial charge in [0.15, 0.2) is 0 Å². The fourth-order valence-corrected chi connectivity index (χ4v) is 3.35. The van der Waals surface area contributed by atoms with Gasteiger partial charge in [-0.3, -0.25) is 0 Å². The Balaban J connectivity index is 1.69. The summed E-state index contributed by atoms with van der Waals surface area (Å²) in [5.74, 6) is 0. The molecule has 2 heteroatoms. The highest BCUT2D eigenvalue weighted by Gasteiger charge is 2.22. The van der Waals surface area contributed by atoms with Crippen molar-refractivity contribution in [1.29, 1.82) is 0 Å². The minimum absolute atomic E-state index is 0.213. The first-order valence-electron chi connectivity index (χ1n) is 9.35. The van der Waals surface area contributed by atoms with Crippen molar-refractivity contribution in [3.05, 3.63) is 59.7 Å². The van der Waals surface area contributed by atoms with E-state index in [0.29, 0.717) is 0 Å². The zero-order valence-corrected chi connectivity index (χ0v) is 16.6. The Bertz CT molecular complexity index is 636. The zero-order valence-electron chi connectivity index (χ0n) is 16.6. The molecular weight excluding hydrogens is 304 g/mol. The molecule has 1 fully saturated rings. The molecular formula is C23H32N2. The molecule has 1 aliphatic rings.